The Balaban J connectivity index is 2.60. The number of aromatic nitrogens is 1. The topological polar surface area (TPSA) is 63.2 Å². The SMILES string of the molecule is CCCNc1cc(C(=O)NCCCOCC)cc(CC)n1. The van der Waals surface area contributed by atoms with Gasteiger partial charge in [-0.2, -0.15) is 0 Å². The van der Waals surface area contributed by atoms with Gasteiger partial charge in [0.2, 0.25) is 0 Å². The molecule has 0 unspecified atom stereocenters. The van der Waals surface area contributed by atoms with E-state index in [9.17, 15) is 4.79 Å². The van der Waals surface area contributed by atoms with Crippen LogP contribution in [-0.2, 0) is 11.2 Å². The van der Waals surface area contributed by atoms with Crippen molar-refractivity contribution in [2.24, 2.45) is 0 Å². The number of nitrogens with one attached hydrogen (secondary N) is 2. The van der Waals surface area contributed by atoms with E-state index in [1.54, 1.807) is 0 Å². The molecule has 0 radical (unpaired) electrons. The largest absolute Gasteiger partial charge is 0.382 e. The number of carbonyl (C=O) groups excluding carboxylic acids is 1. The molecule has 0 fully saturated rings. The maximum Gasteiger partial charge on any atom is 0.251 e. The lowest BCUT2D eigenvalue weighted by molar-refractivity contribution is 0.0944. The first-order valence-corrected chi connectivity index (χ1v) is 7.82. The Bertz CT molecular complexity index is 436. The van der Waals surface area contributed by atoms with Crippen molar-refractivity contribution in [3.8, 4) is 0 Å². The fourth-order valence-electron chi connectivity index (χ4n) is 1.87. The third kappa shape index (κ3) is 6.58. The predicted octanol–water partition coefficient (Wildman–Crippen LogP) is 2.62. The molecule has 0 bridgehead atoms. The number of hydrogen-bond acceptors (Lipinski definition) is 4. The number of aryl methyl sites for hydroxylation is 1. The van der Waals surface area contributed by atoms with Crippen molar-refractivity contribution in [1.29, 1.82) is 0 Å². The molecule has 1 aromatic heterocycles. The maximum atomic E-state index is 12.2. The van der Waals surface area contributed by atoms with Gasteiger partial charge in [0, 0.05) is 37.6 Å². The highest BCUT2D eigenvalue weighted by Crippen LogP contribution is 2.11. The Morgan fingerprint density at radius 3 is 2.71 bits per heavy atom. The molecule has 0 saturated carbocycles. The van der Waals surface area contributed by atoms with E-state index in [1.165, 1.54) is 0 Å². The quantitative estimate of drug-likeness (QED) is 0.651. The van der Waals surface area contributed by atoms with Crippen LogP contribution in [0.25, 0.3) is 0 Å². The summed E-state index contributed by atoms with van der Waals surface area (Å²) in [6.45, 7) is 8.97. The summed E-state index contributed by atoms with van der Waals surface area (Å²) in [7, 11) is 0. The van der Waals surface area contributed by atoms with E-state index in [4.69, 9.17) is 4.74 Å². The van der Waals surface area contributed by atoms with Crippen molar-refractivity contribution >= 4 is 11.7 Å². The summed E-state index contributed by atoms with van der Waals surface area (Å²) in [4.78, 5) is 16.6. The van der Waals surface area contributed by atoms with Gasteiger partial charge in [-0.3, -0.25) is 4.79 Å². The average molecular weight is 293 g/mol. The average Bonchev–Trinajstić information content (AvgIpc) is 2.52. The molecule has 0 aliphatic carbocycles. The molecule has 5 nitrogen and oxygen atoms in total. The number of hydrogen-bond donors (Lipinski definition) is 2. The third-order valence-corrected chi connectivity index (χ3v) is 3.01. The summed E-state index contributed by atoms with van der Waals surface area (Å²) in [6.07, 6.45) is 2.66. The molecule has 0 atom stereocenters. The van der Waals surface area contributed by atoms with Crippen LogP contribution in [0.1, 0.15) is 49.7 Å². The van der Waals surface area contributed by atoms with Crippen LogP contribution in [0.15, 0.2) is 12.1 Å². The summed E-state index contributed by atoms with van der Waals surface area (Å²) in [5.41, 5.74) is 1.59. The highest BCUT2D eigenvalue weighted by Gasteiger charge is 2.09. The zero-order valence-corrected chi connectivity index (χ0v) is 13.4. The van der Waals surface area contributed by atoms with Gasteiger partial charge in [-0.05, 0) is 38.3 Å². The van der Waals surface area contributed by atoms with Crippen molar-refractivity contribution in [3.63, 3.8) is 0 Å². The van der Waals surface area contributed by atoms with E-state index in [0.29, 0.717) is 25.3 Å². The lowest BCUT2D eigenvalue weighted by Gasteiger charge is -2.10. The number of ether oxygens (including phenoxy) is 1. The van der Waals surface area contributed by atoms with Crippen LogP contribution in [0.3, 0.4) is 0 Å². The van der Waals surface area contributed by atoms with Crippen LogP contribution in [0.4, 0.5) is 5.82 Å². The molecule has 0 aliphatic rings. The van der Waals surface area contributed by atoms with E-state index in [2.05, 4.69) is 22.5 Å². The minimum Gasteiger partial charge on any atom is -0.382 e. The van der Waals surface area contributed by atoms with Crippen molar-refractivity contribution in [2.75, 3.05) is 31.6 Å². The van der Waals surface area contributed by atoms with Crippen LogP contribution in [-0.4, -0.2) is 37.2 Å². The van der Waals surface area contributed by atoms with Gasteiger partial charge >= 0.3 is 0 Å². The molecule has 1 heterocycles. The van der Waals surface area contributed by atoms with Gasteiger partial charge in [0.05, 0.1) is 0 Å². The molecule has 0 aliphatic heterocycles. The van der Waals surface area contributed by atoms with Gasteiger partial charge in [-0.1, -0.05) is 13.8 Å². The molecular weight excluding hydrogens is 266 g/mol. The Hall–Kier alpha value is -1.62. The maximum absolute atomic E-state index is 12.2. The molecule has 1 amide bonds. The zero-order valence-electron chi connectivity index (χ0n) is 13.4. The van der Waals surface area contributed by atoms with Gasteiger partial charge in [-0.25, -0.2) is 4.98 Å². The molecule has 118 valence electrons. The monoisotopic (exact) mass is 293 g/mol. The van der Waals surface area contributed by atoms with E-state index >= 15 is 0 Å². The lowest BCUT2D eigenvalue weighted by Crippen LogP contribution is -2.25. The standard InChI is InChI=1S/C16H27N3O2/c1-4-8-17-15-12-13(11-14(5-2)19-15)16(20)18-9-7-10-21-6-3/h11-12H,4-10H2,1-3H3,(H,17,19)(H,18,20). The Morgan fingerprint density at radius 1 is 1.24 bits per heavy atom. The van der Waals surface area contributed by atoms with Gasteiger partial charge in [-0.15, -0.1) is 0 Å². The van der Waals surface area contributed by atoms with E-state index in [-0.39, 0.29) is 5.91 Å². The molecule has 0 saturated heterocycles. The summed E-state index contributed by atoms with van der Waals surface area (Å²) >= 11 is 0. The smallest absolute Gasteiger partial charge is 0.251 e. The minimum atomic E-state index is -0.0526. The third-order valence-electron chi connectivity index (χ3n) is 3.01. The number of anilines is 1. The van der Waals surface area contributed by atoms with Gasteiger partial charge < -0.3 is 15.4 Å². The van der Waals surface area contributed by atoms with Gasteiger partial charge in [0.25, 0.3) is 5.91 Å². The fraction of sp³-hybridized carbons (Fsp3) is 0.625. The van der Waals surface area contributed by atoms with Crippen molar-refractivity contribution in [1.82, 2.24) is 10.3 Å². The second-order valence-corrected chi connectivity index (χ2v) is 4.82. The lowest BCUT2D eigenvalue weighted by atomic mass is 10.1. The van der Waals surface area contributed by atoms with E-state index in [1.807, 2.05) is 26.0 Å². The van der Waals surface area contributed by atoms with Gasteiger partial charge in [0.15, 0.2) is 0 Å². The van der Waals surface area contributed by atoms with E-state index < -0.39 is 0 Å². The Kier molecular flexibility index (Phi) is 8.43. The summed E-state index contributed by atoms with van der Waals surface area (Å²) in [5, 5.41) is 6.16. The first kappa shape index (κ1) is 17.4. The van der Waals surface area contributed by atoms with Crippen LogP contribution in [0.5, 0.6) is 0 Å². The normalized spacial score (nSPS) is 10.4. The highest BCUT2D eigenvalue weighted by molar-refractivity contribution is 5.95. The van der Waals surface area contributed by atoms with E-state index in [0.717, 1.165) is 37.3 Å². The summed E-state index contributed by atoms with van der Waals surface area (Å²) in [6, 6.07) is 3.67. The predicted molar refractivity (Wildman–Crippen MR) is 85.8 cm³/mol. The van der Waals surface area contributed by atoms with Gasteiger partial charge in [0.1, 0.15) is 5.82 Å². The van der Waals surface area contributed by atoms with Crippen molar-refractivity contribution < 1.29 is 9.53 Å². The number of amides is 1. The van der Waals surface area contributed by atoms with Crippen LogP contribution < -0.4 is 10.6 Å². The number of carbonyl (C=O) groups is 1. The Labute approximate surface area is 127 Å². The molecule has 5 heteroatoms. The molecule has 0 aromatic carbocycles. The Morgan fingerprint density at radius 2 is 2.05 bits per heavy atom. The minimum absolute atomic E-state index is 0.0526. The molecule has 2 N–H and O–H groups in total. The first-order valence-electron chi connectivity index (χ1n) is 7.82. The second-order valence-electron chi connectivity index (χ2n) is 4.82. The van der Waals surface area contributed by atoms with Crippen molar-refractivity contribution in [3.05, 3.63) is 23.4 Å². The number of rotatable bonds is 10. The number of pyridine rings is 1. The fourth-order valence-corrected chi connectivity index (χ4v) is 1.87. The second kappa shape index (κ2) is 10.2. The zero-order chi connectivity index (χ0) is 15.5. The molecular formula is C16H27N3O2. The molecule has 1 aromatic rings. The highest BCUT2D eigenvalue weighted by atomic mass is 16.5. The first-order chi connectivity index (χ1) is 10.2. The number of nitrogens with zero attached hydrogens (tertiary/aromatic N) is 1. The molecule has 0 spiro atoms. The van der Waals surface area contributed by atoms with Crippen molar-refractivity contribution in [2.45, 2.75) is 40.0 Å². The van der Waals surface area contributed by atoms with Crippen LogP contribution >= 0.6 is 0 Å². The van der Waals surface area contributed by atoms with Crippen LogP contribution in [0, 0.1) is 0 Å². The molecule has 1 rings (SSSR count). The van der Waals surface area contributed by atoms with Crippen LogP contribution in [0.2, 0.25) is 0 Å². The summed E-state index contributed by atoms with van der Waals surface area (Å²) in [5.74, 6) is 0.721. The molecule has 21 heavy (non-hydrogen) atoms. The summed E-state index contributed by atoms with van der Waals surface area (Å²) < 4.78 is 5.25.